The molecular formula is C22H18N4O4S. The van der Waals surface area contributed by atoms with Crippen molar-refractivity contribution in [2.75, 3.05) is 4.72 Å². The van der Waals surface area contributed by atoms with Gasteiger partial charge in [0.2, 0.25) is 0 Å². The molecule has 0 aliphatic carbocycles. The van der Waals surface area contributed by atoms with E-state index in [0.717, 1.165) is 0 Å². The predicted octanol–water partition coefficient (Wildman–Crippen LogP) is 3.34. The Hall–Kier alpha value is -4.03. The third-order valence-corrected chi connectivity index (χ3v) is 6.26. The minimum atomic E-state index is -3.97. The highest BCUT2D eigenvalue weighted by molar-refractivity contribution is 7.92. The summed E-state index contributed by atoms with van der Waals surface area (Å²) in [5.74, 6) is 0.763. The number of benzene rings is 3. The first-order valence-corrected chi connectivity index (χ1v) is 10.7. The number of nitrogens with one attached hydrogen (secondary N) is 1. The standard InChI is InChI=1S/C22H18N4O4S/c1-25-19-12-18(24-31(28,29)17-10-8-15(14-23)9-11-17)21(13-20(19)26(2)22(25)27)30-16-6-4-3-5-7-16/h3-13,24H,1-2H3. The number of fused-ring (bicyclic) bond motifs is 1. The molecule has 1 N–H and O–H groups in total. The fourth-order valence-corrected chi connectivity index (χ4v) is 4.28. The molecule has 1 aromatic heterocycles. The van der Waals surface area contributed by atoms with Gasteiger partial charge >= 0.3 is 5.69 Å². The number of aromatic nitrogens is 2. The van der Waals surface area contributed by atoms with Gasteiger partial charge in [-0.05, 0) is 42.5 Å². The average molecular weight is 434 g/mol. The van der Waals surface area contributed by atoms with Crippen LogP contribution in [0.25, 0.3) is 11.0 Å². The summed E-state index contributed by atoms with van der Waals surface area (Å²) in [5.41, 5.74) is 1.44. The molecule has 1 heterocycles. The lowest BCUT2D eigenvalue weighted by molar-refractivity contribution is 0.485. The highest BCUT2D eigenvalue weighted by Gasteiger charge is 2.20. The van der Waals surface area contributed by atoms with E-state index in [1.807, 2.05) is 12.1 Å². The van der Waals surface area contributed by atoms with E-state index in [4.69, 9.17) is 10.00 Å². The minimum absolute atomic E-state index is 0.000733. The highest BCUT2D eigenvalue weighted by atomic mass is 32.2. The molecule has 0 fully saturated rings. The molecule has 4 rings (SSSR count). The van der Waals surface area contributed by atoms with Crippen LogP contribution in [-0.4, -0.2) is 17.6 Å². The van der Waals surface area contributed by atoms with Gasteiger partial charge in [0.25, 0.3) is 10.0 Å². The van der Waals surface area contributed by atoms with E-state index in [2.05, 4.69) is 4.72 Å². The third kappa shape index (κ3) is 3.76. The van der Waals surface area contributed by atoms with E-state index in [1.54, 1.807) is 50.5 Å². The number of anilines is 1. The van der Waals surface area contributed by atoms with Gasteiger partial charge in [-0.1, -0.05) is 18.2 Å². The van der Waals surface area contributed by atoms with E-state index in [9.17, 15) is 13.2 Å². The quantitative estimate of drug-likeness (QED) is 0.519. The van der Waals surface area contributed by atoms with Gasteiger partial charge in [0.05, 0.1) is 33.2 Å². The fourth-order valence-electron chi connectivity index (χ4n) is 3.22. The fraction of sp³-hybridized carbons (Fsp3) is 0.0909. The maximum Gasteiger partial charge on any atom is 0.328 e. The van der Waals surface area contributed by atoms with Crippen molar-refractivity contribution in [2.45, 2.75) is 4.90 Å². The van der Waals surface area contributed by atoms with Crippen molar-refractivity contribution in [1.29, 1.82) is 5.26 Å². The number of aryl methyl sites for hydroxylation is 2. The van der Waals surface area contributed by atoms with E-state index in [0.29, 0.717) is 22.3 Å². The van der Waals surface area contributed by atoms with Gasteiger partial charge in [-0.25, -0.2) is 13.2 Å². The number of nitriles is 1. The maximum atomic E-state index is 13.0. The molecule has 0 amide bonds. The Morgan fingerprint density at radius 1 is 0.935 bits per heavy atom. The molecule has 0 saturated heterocycles. The summed E-state index contributed by atoms with van der Waals surface area (Å²) >= 11 is 0. The zero-order chi connectivity index (χ0) is 22.2. The molecule has 0 aliphatic heterocycles. The number of para-hydroxylation sites is 1. The number of ether oxygens (including phenoxy) is 1. The number of nitrogens with zero attached hydrogens (tertiary/aromatic N) is 3. The summed E-state index contributed by atoms with van der Waals surface area (Å²) in [4.78, 5) is 12.4. The summed E-state index contributed by atoms with van der Waals surface area (Å²) < 4.78 is 37.3. The van der Waals surface area contributed by atoms with Crippen LogP contribution in [0, 0.1) is 11.3 Å². The molecule has 8 nitrogen and oxygen atoms in total. The van der Waals surface area contributed by atoms with Crippen molar-refractivity contribution in [2.24, 2.45) is 14.1 Å². The molecule has 31 heavy (non-hydrogen) atoms. The van der Waals surface area contributed by atoms with Gasteiger partial charge < -0.3 is 4.74 Å². The van der Waals surface area contributed by atoms with Crippen molar-refractivity contribution in [3.63, 3.8) is 0 Å². The van der Waals surface area contributed by atoms with E-state index < -0.39 is 10.0 Å². The van der Waals surface area contributed by atoms with Crippen molar-refractivity contribution in [3.8, 4) is 17.6 Å². The summed E-state index contributed by atoms with van der Waals surface area (Å²) in [7, 11) is -0.723. The van der Waals surface area contributed by atoms with Gasteiger partial charge in [-0.2, -0.15) is 5.26 Å². The van der Waals surface area contributed by atoms with Crippen LogP contribution in [-0.2, 0) is 24.1 Å². The Kier molecular flexibility index (Phi) is 5.01. The van der Waals surface area contributed by atoms with Crippen molar-refractivity contribution in [1.82, 2.24) is 9.13 Å². The van der Waals surface area contributed by atoms with E-state index in [1.165, 1.54) is 33.4 Å². The van der Waals surface area contributed by atoms with Gasteiger partial charge in [0, 0.05) is 20.2 Å². The molecule has 0 bridgehead atoms. The minimum Gasteiger partial charge on any atom is -0.455 e. The van der Waals surface area contributed by atoms with E-state index in [-0.39, 0.29) is 22.0 Å². The van der Waals surface area contributed by atoms with Crippen LogP contribution < -0.4 is 15.1 Å². The highest BCUT2D eigenvalue weighted by Crippen LogP contribution is 2.35. The van der Waals surface area contributed by atoms with Crippen LogP contribution in [0.3, 0.4) is 0 Å². The predicted molar refractivity (Wildman–Crippen MR) is 117 cm³/mol. The van der Waals surface area contributed by atoms with Crippen molar-refractivity contribution in [3.05, 3.63) is 82.8 Å². The SMILES string of the molecule is Cn1c(=O)n(C)c2cc(Oc3ccccc3)c(NS(=O)(=O)c3ccc(C#N)cc3)cc21. The smallest absolute Gasteiger partial charge is 0.328 e. The first-order valence-electron chi connectivity index (χ1n) is 9.25. The molecule has 156 valence electrons. The number of hydrogen-bond donors (Lipinski definition) is 1. The van der Waals surface area contributed by atoms with Crippen LogP contribution in [0.15, 0.2) is 76.4 Å². The second kappa shape index (κ2) is 7.66. The number of hydrogen-bond acceptors (Lipinski definition) is 5. The Morgan fingerprint density at radius 3 is 2.16 bits per heavy atom. The molecule has 0 aliphatic rings. The second-order valence-corrected chi connectivity index (χ2v) is 8.58. The summed E-state index contributed by atoms with van der Waals surface area (Å²) in [6.07, 6.45) is 0. The Balaban J connectivity index is 1.84. The summed E-state index contributed by atoms with van der Waals surface area (Å²) in [6.45, 7) is 0. The third-order valence-electron chi connectivity index (χ3n) is 4.88. The lowest BCUT2D eigenvalue weighted by Gasteiger charge is -2.14. The molecule has 0 radical (unpaired) electrons. The van der Waals surface area contributed by atoms with Crippen LogP contribution in [0.2, 0.25) is 0 Å². The second-order valence-electron chi connectivity index (χ2n) is 6.89. The van der Waals surface area contributed by atoms with Gasteiger partial charge in [-0.3, -0.25) is 13.9 Å². The Bertz CT molecular complexity index is 1480. The van der Waals surface area contributed by atoms with Crippen molar-refractivity contribution < 1.29 is 13.2 Å². The zero-order valence-electron chi connectivity index (χ0n) is 16.7. The molecule has 0 unspecified atom stereocenters. The maximum absolute atomic E-state index is 13.0. The first-order chi connectivity index (χ1) is 14.8. The van der Waals surface area contributed by atoms with Gasteiger partial charge in [-0.15, -0.1) is 0 Å². The van der Waals surface area contributed by atoms with Crippen LogP contribution in [0.4, 0.5) is 5.69 Å². The van der Waals surface area contributed by atoms with E-state index >= 15 is 0 Å². The molecule has 3 aromatic carbocycles. The monoisotopic (exact) mass is 434 g/mol. The molecular weight excluding hydrogens is 416 g/mol. The number of imidazole rings is 1. The normalized spacial score (nSPS) is 11.3. The summed E-state index contributed by atoms with van der Waals surface area (Å²) in [6, 6.07) is 19.6. The van der Waals surface area contributed by atoms with Crippen LogP contribution >= 0.6 is 0 Å². The molecule has 0 spiro atoms. The zero-order valence-corrected chi connectivity index (χ0v) is 17.6. The van der Waals surface area contributed by atoms with Crippen molar-refractivity contribution >= 4 is 26.7 Å². The Labute approximate surface area is 178 Å². The molecule has 4 aromatic rings. The van der Waals surface area contributed by atoms with Gasteiger partial charge in [0.15, 0.2) is 5.75 Å². The van der Waals surface area contributed by atoms with Crippen LogP contribution in [0.5, 0.6) is 11.5 Å². The first kappa shape index (κ1) is 20.3. The topological polar surface area (TPSA) is 106 Å². The van der Waals surface area contributed by atoms with Crippen LogP contribution in [0.1, 0.15) is 5.56 Å². The Morgan fingerprint density at radius 2 is 1.55 bits per heavy atom. The number of rotatable bonds is 5. The lowest BCUT2D eigenvalue weighted by Crippen LogP contribution is -2.19. The molecule has 0 atom stereocenters. The van der Waals surface area contributed by atoms with Gasteiger partial charge in [0.1, 0.15) is 5.75 Å². The summed E-state index contributed by atoms with van der Waals surface area (Å²) in [5, 5.41) is 8.93. The molecule has 9 heteroatoms. The number of sulfonamides is 1. The average Bonchev–Trinajstić information content (AvgIpc) is 2.98. The molecule has 0 saturated carbocycles. The largest absolute Gasteiger partial charge is 0.455 e. The lowest BCUT2D eigenvalue weighted by atomic mass is 10.2.